The summed E-state index contributed by atoms with van der Waals surface area (Å²) in [6.45, 7) is 4.70. The molecule has 0 saturated carbocycles. The van der Waals surface area contributed by atoms with E-state index >= 15 is 0 Å². The lowest BCUT2D eigenvalue weighted by atomic mass is 9.95. The molecule has 1 N–H and O–H groups in total. The number of piperidine rings is 1. The molecule has 1 aliphatic rings. The number of carbonyl (C=O) groups excluding carboxylic acids is 1. The van der Waals surface area contributed by atoms with E-state index < -0.39 is 0 Å². The molecule has 1 aromatic heterocycles. The Labute approximate surface area is 135 Å². The largest absolute Gasteiger partial charge is 0.302 e. The van der Waals surface area contributed by atoms with Crippen LogP contribution in [0, 0.1) is 0 Å². The van der Waals surface area contributed by atoms with E-state index in [1.165, 1.54) is 36.7 Å². The number of thiazole rings is 1. The molecule has 0 spiro atoms. The summed E-state index contributed by atoms with van der Waals surface area (Å²) in [5, 5.41) is 5.57. The second-order valence-corrected chi connectivity index (χ2v) is 6.68. The van der Waals surface area contributed by atoms with Crippen LogP contribution in [0.15, 0.2) is 35.7 Å². The van der Waals surface area contributed by atoms with Crippen LogP contribution in [0.1, 0.15) is 36.9 Å². The number of amides is 1. The number of nitrogens with zero attached hydrogens (tertiary/aromatic N) is 2. The van der Waals surface area contributed by atoms with Gasteiger partial charge >= 0.3 is 0 Å². The lowest BCUT2D eigenvalue weighted by Gasteiger charge is -2.32. The molecule has 116 valence electrons. The fourth-order valence-electron chi connectivity index (χ4n) is 2.96. The third-order valence-electron chi connectivity index (χ3n) is 3.98. The van der Waals surface area contributed by atoms with Crippen LogP contribution in [0.2, 0.25) is 0 Å². The number of benzene rings is 1. The van der Waals surface area contributed by atoms with Crippen molar-refractivity contribution >= 4 is 22.4 Å². The molecule has 22 heavy (non-hydrogen) atoms. The zero-order valence-corrected chi connectivity index (χ0v) is 13.6. The summed E-state index contributed by atoms with van der Waals surface area (Å²) in [7, 11) is 0. The molecule has 5 heteroatoms. The van der Waals surface area contributed by atoms with Crippen LogP contribution in [0.3, 0.4) is 0 Å². The lowest BCUT2D eigenvalue weighted by Crippen LogP contribution is -2.34. The number of anilines is 1. The van der Waals surface area contributed by atoms with Crippen LogP contribution >= 0.6 is 11.3 Å². The maximum absolute atomic E-state index is 11.1. The first-order chi connectivity index (χ1) is 10.7. The van der Waals surface area contributed by atoms with Crippen LogP contribution in [0.25, 0.3) is 0 Å². The number of nitrogens with one attached hydrogen (secondary N) is 1. The number of hydrogen-bond donors (Lipinski definition) is 1. The van der Waals surface area contributed by atoms with Gasteiger partial charge in [0, 0.05) is 31.3 Å². The van der Waals surface area contributed by atoms with Crippen molar-refractivity contribution in [3.63, 3.8) is 0 Å². The number of likely N-dealkylation sites (tertiary alicyclic amines) is 1. The minimum atomic E-state index is -0.0600. The first kappa shape index (κ1) is 15.2. The summed E-state index contributed by atoms with van der Waals surface area (Å²) in [5.74, 6) is 0.409. The molecule has 1 aromatic carbocycles. The number of rotatable bonds is 4. The van der Waals surface area contributed by atoms with Crippen molar-refractivity contribution in [2.45, 2.75) is 32.2 Å². The Morgan fingerprint density at radius 1 is 1.41 bits per heavy atom. The van der Waals surface area contributed by atoms with Crippen LogP contribution < -0.4 is 5.32 Å². The van der Waals surface area contributed by atoms with Gasteiger partial charge in [-0.05, 0) is 24.9 Å². The second kappa shape index (κ2) is 7.03. The van der Waals surface area contributed by atoms with E-state index in [4.69, 9.17) is 0 Å². The van der Waals surface area contributed by atoms with E-state index in [9.17, 15) is 4.79 Å². The maximum Gasteiger partial charge on any atom is 0.223 e. The van der Waals surface area contributed by atoms with Gasteiger partial charge < -0.3 is 5.32 Å². The molecule has 1 saturated heterocycles. The Kier molecular flexibility index (Phi) is 4.85. The van der Waals surface area contributed by atoms with Gasteiger partial charge in [-0.3, -0.25) is 9.69 Å². The van der Waals surface area contributed by atoms with E-state index in [0.29, 0.717) is 11.0 Å². The zero-order valence-electron chi connectivity index (χ0n) is 12.8. The van der Waals surface area contributed by atoms with Gasteiger partial charge in [-0.15, -0.1) is 11.3 Å². The molecule has 0 radical (unpaired) electrons. The van der Waals surface area contributed by atoms with Crippen LogP contribution in [0.4, 0.5) is 5.13 Å². The Bertz CT molecular complexity index is 626. The topological polar surface area (TPSA) is 45.2 Å². The molecule has 1 aliphatic heterocycles. The van der Waals surface area contributed by atoms with Crippen molar-refractivity contribution in [1.29, 1.82) is 0 Å². The Morgan fingerprint density at radius 2 is 2.23 bits per heavy atom. The lowest BCUT2D eigenvalue weighted by molar-refractivity contribution is -0.114. The molecule has 2 heterocycles. The zero-order chi connectivity index (χ0) is 15.4. The first-order valence-corrected chi connectivity index (χ1v) is 8.58. The van der Waals surface area contributed by atoms with E-state index in [1.54, 1.807) is 0 Å². The van der Waals surface area contributed by atoms with Crippen molar-refractivity contribution < 1.29 is 4.79 Å². The minimum Gasteiger partial charge on any atom is -0.302 e. The van der Waals surface area contributed by atoms with Gasteiger partial charge in [0.25, 0.3) is 0 Å². The van der Waals surface area contributed by atoms with Crippen molar-refractivity contribution in [1.82, 2.24) is 9.88 Å². The molecule has 1 amide bonds. The van der Waals surface area contributed by atoms with E-state index in [-0.39, 0.29) is 5.91 Å². The SMILES string of the molecule is CC(=O)Nc1nc(C2CCCN(Cc3ccccc3)C2)cs1. The number of carbonyl (C=O) groups is 1. The Balaban J connectivity index is 1.62. The van der Waals surface area contributed by atoms with Gasteiger partial charge in [-0.25, -0.2) is 4.98 Å². The van der Waals surface area contributed by atoms with E-state index in [2.05, 4.69) is 50.9 Å². The molecule has 0 aliphatic carbocycles. The summed E-state index contributed by atoms with van der Waals surface area (Å²) in [5.41, 5.74) is 2.48. The molecule has 3 rings (SSSR count). The quantitative estimate of drug-likeness (QED) is 0.939. The summed E-state index contributed by atoms with van der Waals surface area (Å²) in [4.78, 5) is 18.2. The van der Waals surface area contributed by atoms with Crippen molar-refractivity contribution in [2.75, 3.05) is 18.4 Å². The Hall–Kier alpha value is -1.72. The van der Waals surface area contributed by atoms with Gasteiger partial charge in [0.05, 0.1) is 5.69 Å². The monoisotopic (exact) mass is 315 g/mol. The Morgan fingerprint density at radius 3 is 3.00 bits per heavy atom. The summed E-state index contributed by atoms with van der Waals surface area (Å²) in [6, 6.07) is 10.6. The smallest absolute Gasteiger partial charge is 0.223 e. The molecule has 1 atom stereocenters. The fourth-order valence-corrected chi connectivity index (χ4v) is 3.80. The van der Waals surface area contributed by atoms with Gasteiger partial charge in [-0.1, -0.05) is 30.3 Å². The third-order valence-corrected chi connectivity index (χ3v) is 4.75. The fraction of sp³-hybridized carbons (Fsp3) is 0.412. The molecule has 0 bridgehead atoms. The third kappa shape index (κ3) is 3.93. The van der Waals surface area contributed by atoms with Crippen LogP contribution in [0.5, 0.6) is 0 Å². The highest BCUT2D eigenvalue weighted by atomic mass is 32.1. The number of hydrogen-bond acceptors (Lipinski definition) is 4. The predicted molar refractivity (Wildman–Crippen MR) is 90.1 cm³/mol. The summed E-state index contributed by atoms with van der Waals surface area (Å²) < 4.78 is 0. The predicted octanol–water partition coefficient (Wildman–Crippen LogP) is 3.48. The highest BCUT2D eigenvalue weighted by molar-refractivity contribution is 7.13. The molecule has 4 nitrogen and oxygen atoms in total. The molecular weight excluding hydrogens is 294 g/mol. The van der Waals surface area contributed by atoms with Gasteiger partial charge in [0.2, 0.25) is 5.91 Å². The van der Waals surface area contributed by atoms with Gasteiger partial charge in [-0.2, -0.15) is 0 Å². The van der Waals surface area contributed by atoms with E-state index in [0.717, 1.165) is 25.3 Å². The van der Waals surface area contributed by atoms with Crippen molar-refractivity contribution in [3.8, 4) is 0 Å². The normalized spacial score (nSPS) is 19.0. The minimum absolute atomic E-state index is 0.0600. The summed E-state index contributed by atoms with van der Waals surface area (Å²) in [6.07, 6.45) is 2.37. The number of aromatic nitrogens is 1. The standard InChI is InChI=1S/C17H21N3OS/c1-13(21)18-17-19-16(12-22-17)15-8-5-9-20(11-15)10-14-6-3-2-4-7-14/h2-4,6-7,12,15H,5,8-11H2,1H3,(H,18,19,21). The van der Waals surface area contributed by atoms with E-state index in [1.807, 2.05) is 0 Å². The average molecular weight is 315 g/mol. The maximum atomic E-state index is 11.1. The highest BCUT2D eigenvalue weighted by Gasteiger charge is 2.23. The van der Waals surface area contributed by atoms with Crippen molar-refractivity contribution in [3.05, 3.63) is 47.0 Å². The van der Waals surface area contributed by atoms with Crippen LogP contribution in [-0.2, 0) is 11.3 Å². The van der Waals surface area contributed by atoms with Gasteiger partial charge in [0.15, 0.2) is 5.13 Å². The van der Waals surface area contributed by atoms with Gasteiger partial charge in [0.1, 0.15) is 0 Å². The molecule has 1 unspecified atom stereocenters. The average Bonchev–Trinajstić information content (AvgIpc) is 2.96. The molecule has 2 aromatic rings. The highest BCUT2D eigenvalue weighted by Crippen LogP contribution is 2.30. The molecule has 1 fully saturated rings. The van der Waals surface area contributed by atoms with Crippen LogP contribution in [-0.4, -0.2) is 28.9 Å². The second-order valence-electron chi connectivity index (χ2n) is 5.82. The molecular formula is C17H21N3OS. The summed E-state index contributed by atoms with van der Waals surface area (Å²) >= 11 is 1.52. The first-order valence-electron chi connectivity index (χ1n) is 7.70. The van der Waals surface area contributed by atoms with Crippen molar-refractivity contribution in [2.24, 2.45) is 0 Å².